The average molecular weight is 505 g/mol. The lowest BCUT2D eigenvalue weighted by molar-refractivity contribution is 0.0577. The van der Waals surface area contributed by atoms with Crippen LogP contribution in [0.4, 0.5) is 5.95 Å². The number of aliphatic hydroxyl groups is 1. The summed E-state index contributed by atoms with van der Waals surface area (Å²) in [6.07, 6.45) is 7.81. The summed E-state index contributed by atoms with van der Waals surface area (Å²) in [4.78, 5) is 13.1. The van der Waals surface area contributed by atoms with Gasteiger partial charge in [-0.1, -0.05) is 51.6 Å². The Morgan fingerprint density at radius 2 is 1.70 bits per heavy atom. The van der Waals surface area contributed by atoms with Gasteiger partial charge in [0.15, 0.2) is 0 Å². The molecule has 2 atom stereocenters. The number of allylic oxidation sites excluding steroid dienone is 1. The van der Waals surface area contributed by atoms with Gasteiger partial charge in [0.05, 0.1) is 30.0 Å². The van der Waals surface area contributed by atoms with Gasteiger partial charge in [-0.2, -0.15) is 5.10 Å². The largest absolute Gasteiger partial charge is 0.474 e. The van der Waals surface area contributed by atoms with Crippen LogP contribution in [-0.2, 0) is 16.7 Å². The first-order valence-corrected chi connectivity index (χ1v) is 12.7. The highest BCUT2D eigenvalue weighted by atomic mass is 16.5. The molecule has 0 radical (unpaired) electrons. The highest BCUT2D eigenvalue weighted by Gasteiger charge is 2.34. The summed E-state index contributed by atoms with van der Waals surface area (Å²) in [7, 11) is 0. The van der Waals surface area contributed by atoms with E-state index >= 15 is 0 Å². The number of aromatic nitrogens is 4. The average Bonchev–Trinajstić information content (AvgIpc) is 3.30. The fraction of sp³-hybridized carbons (Fsp3) is 0.448. The Morgan fingerprint density at radius 3 is 2.24 bits per heavy atom. The first-order chi connectivity index (χ1) is 17.3. The highest BCUT2D eigenvalue weighted by molar-refractivity contribution is 5.94. The van der Waals surface area contributed by atoms with Crippen molar-refractivity contribution in [1.82, 2.24) is 19.7 Å². The summed E-state index contributed by atoms with van der Waals surface area (Å²) in [5.41, 5.74) is 8.73. The third-order valence-electron chi connectivity index (χ3n) is 6.80. The van der Waals surface area contributed by atoms with Crippen LogP contribution in [0.1, 0.15) is 66.0 Å². The summed E-state index contributed by atoms with van der Waals surface area (Å²) in [6.45, 7) is 18.8. The smallest absolute Gasteiger partial charge is 0.224 e. The molecule has 2 heterocycles. The van der Waals surface area contributed by atoms with Crippen molar-refractivity contribution >= 4 is 11.8 Å². The van der Waals surface area contributed by atoms with Crippen LogP contribution in [0.5, 0.6) is 0 Å². The SMILES string of the molecule is C=C(N=C(OC(C)CC)c1cnn(CC(C)(C)O)c1)C(C)(c1ccc(-c2cnc(N)nc2)cc1)C(C)C. The molecule has 1 aromatic carbocycles. The number of nitrogens with zero attached hydrogens (tertiary/aromatic N) is 5. The van der Waals surface area contributed by atoms with Crippen molar-refractivity contribution < 1.29 is 9.84 Å². The minimum Gasteiger partial charge on any atom is -0.474 e. The van der Waals surface area contributed by atoms with Gasteiger partial charge >= 0.3 is 0 Å². The summed E-state index contributed by atoms with van der Waals surface area (Å²) >= 11 is 0. The summed E-state index contributed by atoms with van der Waals surface area (Å²) in [6, 6.07) is 8.31. The zero-order chi connectivity index (χ0) is 27.4. The fourth-order valence-electron chi connectivity index (χ4n) is 3.96. The maximum atomic E-state index is 10.2. The molecule has 0 bridgehead atoms. The molecule has 2 unspecified atom stereocenters. The normalized spacial score (nSPS) is 14.9. The van der Waals surface area contributed by atoms with E-state index in [-0.39, 0.29) is 18.0 Å². The Bertz CT molecular complexity index is 1220. The van der Waals surface area contributed by atoms with Gasteiger partial charge in [-0.3, -0.25) is 4.68 Å². The molecular formula is C29H40N6O2. The second-order valence-electron chi connectivity index (χ2n) is 10.7. The van der Waals surface area contributed by atoms with Crippen molar-refractivity contribution in [3.05, 3.63) is 72.5 Å². The molecule has 0 spiro atoms. The lowest BCUT2D eigenvalue weighted by Crippen LogP contribution is -2.31. The Hall–Kier alpha value is -3.52. The van der Waals surface area contributed by atoms with E-state index in [4.69, 9.17) is 15.5 Å². The highest BCUT2D eigenvalue weighted by Crippen LogP contribution is 2.40. The summed E-state index contributed by atoms with van der Waals surface area (Å²) in [5, 5.41) is 14.6. The number of hydrogen-bond acceptors (Lipinski definition) is 7. The van der Waals surface area contributed by atoms with E-state index in [9.17, 15) is 5.11 Å². The molecule has 3 aromatic rings. The van der Waals surface area contributed by atoms with E-state index in [0.717, 1.165) is 28.7 Å². The zero-order valence-electron chi connectivity index (χ0n) is 23.1. The van der Waals surface area contributed by atoms with E-state index in [1.54, 1.807) is 37.1 Å². The van der Waals surface area contributed by atoms with Crippen molar-refractivity contribution in [2.45, 2.75) is 78.6 Å². The fourth-order valence-corrected chi connectivity index (χ4v) is 3.96. The number of hydrogen-bond donors (Lipinski definition) is 2. The van der Waals surface area contributed by atoms with Gasteiger partial charge in [0.25, 0.3) is 0 Å². The monoisotopic (exact) mass is 504 g/mol. The number of nitrogens with two attached hydrogens (primary N) is 1. The van der Waals surface area contributed by atoms with Crippen molar-refractivity contribution in [1.29, 1.82) is 0 Å². The van der Waals surface area contributed by atoms with Gasteiger partial charge in [0.2, 0.25) is 11.8 Å². The van der Waals surface area contributed by atoms with Crippen LogP contribution in [0, 0.1) is 5.92 Å². The molecule has 2 aromatic heterocycles. The van der Waals surface area contributed by atoms with Gasteiger partial charge in [-0.05, 0) is 51.2 Å². The van der Waals surface area contributed by atoms with Crippen LogP contribution in [0.2, 0.25) is 0 Å². The number of rotatable bonds is 10. The molecule has 0 saturated carbocycles. The Morgan fingerprint density at radius 1 is 1.08 bits per heavy atom. The van der Waals surface area contributed by atoms with Gasteiger partial charge < -0.3 is 15.6 Å². The zero-order valence-corrected chi connectivity index (χ0v) is 23.1. The number of aliphatic imine (C=N–C) groups is 1. The van der Waals surface area contributed by atoms with Crippen LogP contribution in [0.15, 0.2) is 66.3 Å². The molecule has 3 N–H and O–H groups in total. The van der Waals surface area contributed by atoms with Crippen molar-refractivity contribution in [3.63, 3.8) is 0 Å². The number of nitrogen functional groups attached to an aromatic ring is 1. The molecule has 37 heavy (non-hydrogen) atoms. The Labute approximate surface area is 220 Å². The second-order valence-corrected chi connectivity index (χ2v) is 10.7. The van der Waals surface area contributed by atoms with E-state index in [1.165, 1.54) is 0 Å². The maximum absolute atomic E-state index is 10.2. The lowest BCUT2D eigenvalue weighted by atomic mass is 9.71. The van der Waals surface area contributed by atoms with Gasteiger partial charge in [-0.25, -0.2) is 15.0 Å². The van der Waals surface area contributed by atoms with Crippen molar-refractivity contribution in [2.24, 2.45) is 10.9 Å². The van der Waals surface area contributed by atoms with E-state index in [2.05, 4.69) is 73.6 Å². The minimum atomic E-state index is -0.886. The Kier molecular flexibility index (Phi) is 8.53. The van der Waals surface area contributed by atoms with Crippen LogP contribution in [0.25, 0.3) is 11.1 Å². The molecule has 0 aliphatic carbocycles. The molecule has 0 fully saturated rings. The molecule has 3 rings (SSSR count). The third kappa shape index (κ3) is 6.83. The van der Waals surface area contributed by atoms with Gasteiger partial charge in [0, 0.05) is 35.3 Å². The van der Waals surface area contributed by atoms with Crippen LogP contribution in [0.3, 0.4) is 0 Å². The molecule has 0 amide bonds. The van der Waals surface area contributed by atoms with Crippen molar-refractivity contribution in [2.75, 3.05) is 5.73 Å². The molecule has 0 saturated heterocycles. The third-order valence-corrected chi connectivity index (χ3v) is 6.80. The minimum absolute atomic E-state index is 0.0316. The standard InChI is InChI=1S/C29H40N6O2/c1-9-20(4)37-26(24-16-33-35(17-24)18-28(6,7)36)34-21(5)29(8,19(2)3)25-12-10-22(11-13-25)23-14-31-27(30)32-15-23/h10-17,19-20,36H,5,9,18H2,1-4,6-8H3,(H2,30,31,32). The molecule has 8 heteroatoms. The molecule has 0 aliphatic rings. The predicted molar refractivity (Wildman–Crippen MR) is 149 cm³/mol. The van der Waals surface area contributed by atoms with Crippen molar-refractivity contribution in [3.8, 4) is 11.1 Å². The summed E-state index contributed by atoms with van der Waals surface area (Å²) < 4.78 is 7.95. The van der Waals surface area contributed by atoms with Crippen LogP contribution >= 0.6 is 0 Å². The molecule has 8 nitrogen and oxygen atoms in total. The van der Waals surface area contributed by atoms with Crippen LogP contribution in [-0.4, -0.2) is 42.5 Å². The lowest BCUT2D eigenvalue weighted by Gasteiger charge is -2.35. The molecule has 198 valence electrons. The van der Waals surface area contributed by atoms with E-state index in [0.29, 0.717) is 18.1 Å². The topological polar surface area (TPSA) is 111 Å². The molecular weight excluding hydrogens is 464 g/mol. The number of ether oxygens (including phenoxy) is 1. The van der Waals surface area contributed by atoms with E-state index < -0.39 is 11.0 Å². The van der Waals surface area contributed by atoms with Crippen LogP contribution < -0.4 is 5.73 Å². The predicted octanol–water partition coefficient (Wildman–Crippen LogP) is 5.38. The first-order valence-electron chi connectivity index (χ1n) is 12.7. The summed E-state index contributed by atoms with van der Waals surface area (Å²) in [5.74, 6) is 0.934. The van der Waals surface area contributed by atoms with Gasteiger partial charge in [0.1, 0.15) is 0 Å². The quantitative estimate of drug-likeness (QED) is 0.283. The maximum Gasteiger partial charge on any atom is 0.224 e. The first kappa shape index (κ1) is 28.1. The second kappa shape index (κ2) is 11.3. The number of benzene rings is 1. The van der Waals surface area contributed by atoms with E-state index in [1.807, 2.05) is 13.1 Å². The van der Waals surface area contributed by atoms with Gasteiger partial charge in [-0.15, -0.1) is 0 Å². The number of anilines is 1. The molecule has 0 aliphatic heterocycles. The Balaban J connectivity index is 1.97.